The van der Waals surface area contributed by atoms with E-state index in [1.807, 2.05) is 12.1 Å². The first-order valence-corrected chi connectivity index (χ1v) is 8.57. The molecule has 2 aromatic carbocycles. The maximum absolute atomic E-state index is 12.6. The van der Waals surface area contributed by atoms with Gasteiger partial charge in [0.1, 0.15) is 11.0 Å². The fraction of sp³-hybridized carbons (Fsp3) is 0.316. The van der Waals surface area contributed by atoms with E-state index >= 15 is 0 Å². The maximum atomic E-state index is 12.6. The van der Waals surface area contributed by atoms with Crippen LogP contribution in [0, 0.1) is 5.92 Å². The molecule has 0 spiro atoms. The fourth-order valence-electron chi connectivity index (χ4n) is 3.46. The van der Waals surface area contributed by atoms with Crippen molar-refractivity contribution in [3.63, 3.8) is 0 Å². The summed E-state index contributed by atoms with van der Waals surface area (Å²) in [5.74, 6) is 0.367. The zero-order chi connectivity index (χ0) is 17.2. The van der Waals surface area contributed by atoms with Crippen LogP contribution in [0.3, 0.4) is 0 Å². The van der Waals surface area contributed by atoms with E-state index in [2.05, 4.69) is 56.8 Å². The lowest BCUT2D eigenvalue weighted by molar-refractivity contribution is 0.0931. The zero-order valence-corrected chi connectivity index (χ0v) is 14.1. The van der Waals surface area contributed by atoms with E-state index in [1.54, 1.807) is 12.1 Å². The average Bonchev–Trinajstić information content (AvgIpc) is 3.22. The zero-order valence-electron chi connectivity index (χ0n) is 14.1. The molecular formula is C19H21N5O. The van der Waals surface area contributed by atoms with Gasteiger partial charge >= 0.3 is 0 Å². The van der Waals surface area contributed by atoms with Gasteiger partial charge in [0.05, 0.1) is 0 Å². The van der Waals surface area contributed by atoms with E-state index < -0.39 is 0 Å². The third kappa shape index (κ3) is 3.39. The average molecular weight is 335 g/mol. The maximum Gasteiger partial charge on any atom is 0.251 e. The summed E-state index contributed by atoms with van der Waals surface area (Å²) in [5, 5.41) is 13.8. The predicted molar refractivity (Wildman–Crippen MR) is 96.0 cm³/mol. The number of nitrogens with zero attached hydrogens (tertiary/aromatic N) is 3. The topological polar surface area (TPSA) is 73.9 Å². The summed E-state index contributed by atoms with van der Waals surface area (Å²) < 4.78 is 0. The predicted octanol–water partition coefficient (Wildman–Crippen LogP) is 2.21. The Labute approximate surface area is 146 Å². The normalized spacial score (nSPS) is 20.8. The summed E-state index contributed by atoms with van der Waals surface area (Å²) in [6.45, 7) is 4.97. The Kier molecular flexibility index (Phi) is 4.19. The molecule has 1 fully saturated rings. The summed E-state index contributed by atoms with van der Waals surface area (Å²) in [7, 11) is 0. The smallest absolute Gasteiger partial charge is 0.251 e. The van der Waals surface area contributed by atoms with E-state index in [-0.39, 0.29) is 11.9 Å². The summed E-state index contributed by atoms with van der Waals surface area (Å²) in [6.07, 6.45) is 0. The lowest BCUT2D eigenvalue weighted by Crippen LogP contribution is -2.39. The summed E-state index contributed by atoms with van der Waals surface area (Å²) >= 11 is 0. The molecule has 4 rings (SSSR count). The highest BCUT2D eigenvalue weighted by Gasteiger charge is 2.30. The number of H-pyrrole nitrogens is 1. The molecule has 6 heteroatoms. The summed E-state index contributed by atoms with van der Waals surface area (Å²) in [5.41, 5.74) is 3.39. The van der Waals surface area contributed by atoms with Crippen LogP contribution < -0.4 is 5.32 Å². The molecule has 1 saturated heterocycles. The molecule has 2 N–H and O–H groups in total. The monoisotopic (exact) mass is 335 g/mol. The number of fused-ring (bicyclic) bond motifs is 1. The third-order valence-electron chi connectivity index (χ3n) is 4.83. The van der Waals surface area contributed by atoms with Crippen molar-refractivity contribution in [2.75, 3.05) is 13.1 Å². The number of carbonyl (C=O) groups excluding carboxylic acids is 1. The van der Waals surface area contributed by atoms with Crippen LogP contribution in [-0.2, 0) is 6.54 Å². The second kappa shape index (κ2) is 6.64. The quantitative estimate of drug-likeness (QED) is 0.767. The molecule has 3 aromatic rings. The second-order valence-corrected chi connectivity index (χ2v) is 6.76. The molecule has 2 heterocycles. The molecule has 6 nitrogen and oxygen atoms in total. The van der Waals surface area contributed by atoms with E-state index in [9.17, 15) is 4.79 Å². The number of carbonyl (C=O) groups is 1. The summed E-state index contributed by atoms with van der Waals surface area (Å²) in [4.78, 5) is 15.0. The van der Waals surface area contributed by atoms with Gasteiger partial charge in [-0.2, -0.15) is 15.4 Å². The van der Waals surface area contributed by atoms with Gasteiger partial charge in [-0.3, -0.25) is 9.69 Å². The van der Waals surface area contributed by atoms with E-state index in [4.69, 9.17) is 0 Å². The number of hydrogen-bond acceptors (Lipinski definition) is 4. The van der Waals surface area contributed by atoms with Gasteiger partial charge < -0.3 is 5.32 Å². The Hall–Kier alpha value is -2.73. The van der Waals surface area contributed by atoms with Crippen LogP contribution >= 0.6 is 0 Å². The highest BCUT2D eigenvalue weighted by molar-refractivity contribution is 5.97. The molecule has 0 bridgehead atoms. The highest BCUT2D eigenvalue weighted by atomic mass is 16.1. The molecule has 25 heavy (non-hydrogen) atoms. The van der Waals surface area contributed by atoms with E-state index in [0.29, 0.717) is 17.0 Å². The molecule has 1 aliphatic heterocycles. The number of likely N-dealkylation sites (tertiary alicyclic amines) is 1. The van der Waals surface area contributed by atoms with Crippen molar-refractivity contribution in [3.05, 3.63) is 59.7 Å². The lowest BCUT2D eigenvalue weighted by atomic mass is 10.1. The van der Waals surface area contributed by atoms with Gasteiger partial charge in [0, 0.05) is 31.2 Å². The molecule has 0 unspecified atom stereocenters. The minimum absolute atomic E-state index is 0.0525. The SMILES string of the molecule is C[C@@H]1CN(Cc2ccccc2)C[C@@H]1NC(=O)c1ccc2n[nH]nc2c1. The number of amides is 1. The third-order valence-corrected chi connectivity index (χ3v) is 4.83. The molecule has 0 saturated carbocycles. The van der Waals surface area contributed by atoms with Crippen molar-refractivity contribution in [3.8, 4) is 0 Å². The minimum Gasteiger partial charge on any atom is -0.348 e. The number of hydrogen-bond donors (Lipinski definition) is 2. The fourth-order valence-corrected chi connectivity index (χ4v) is 3.46. The highest BCUT2D eigenvalue weighted by Crippen LogP contribution is 2.20. The molecule has 128 valence electrons. The van der Waals surface area contributed by atoms with Crippen molar-refractivity contribution in [1.29, 1.82) is 0 Å². The summed E-state index contributed by atoms with van der Waals surface area (Å²) in [6, 6.07) is 16.0. The standard InChI is InChI=1S/C19H21N5O/c1-13-10-24(11-14-5-3-2-4-6-14)12-18(13)20-19(25)15-7-8-16-17(9-15)22-23-21-16/h2-9,13,18H,10-12H2,1H3,(H,20,25)(H,21,22,23)/t13-,18+/m1/s1. The van der Waals surface area contributed by atoms with E-state index in [0.717, 1.165) is 25.2 Å². The molecule has 1 amide bonds. The molecular weight excluding hydrogens is 314 g/mol. The molecule has 1 aromatic heterocycles. The number of benzene rings is 2. The van der Waals surface area contributed by atoms with Gasteiger partial charge in [-0.15, -0.1) is 0 Å². The largest absolute Gasteiger partial charge is 0.348 e. The van der Waals surface area contributed by atoms with Crippen molar-refractivity contribution in [2.24, 2.45) is 5.92 Å². The lowest BCUT2D eigenvalue weighted by Gasteiger charge is -2.17. The molecule has 1 aliphatic rings. The van der Waals surface area contributed by atoms with Crippen LogP contribution in [-0.4, -0.2) is 45.3 Å². The Balaban J connectivity index is 1.40. The van der Waals surface area contributed by atoms with Crippen LogP contribution in [0.2, 0.25) is 0 Å². The van der Waals surface area contributed by atoms with Crippen LogP contribution in [0.15, 0.2) is 48.5 Å². The van der Waals surface area contributed by atoms with Crippen LogP contribution in [0.5, 0.6) is 0 Å². The Morgan fingerprint density at radius 2 is 1.96 bits per heavy atom. The van der Waals surface area contributed by atoms with Crippen molar-refractivity contribution < 1.29 is 4.79 Å². The van der Waals surface area contributed by atoms with Crippen molar-refractivity contribution >= 4 is 16.9 Å². The van der Waals surface area contributed by atoms with Gasteiger partial charge in [0.15, 0.2) is 0 Å². The molecule has 0 aliphatic carbocycles. The van der Waals surface area contributed by atoms with Crippen molar-refractivity contribution in [1.82, 2.24) is 25.6 Å². The Morgan fingerprint density at radius 1 is 1.16 bits per heavy atom. The van der Waals surface area contributed by atoms with Gasteiger partial charge in [0.2, 0.25) is 0 Å². The van der Waals surface area contributed by atoms with Gasteiger partial charge in [-0.1, -0.05) is 37.3 Å². The van der Waals surface area contributed by atoms with E-state index in [1.165, 1.54) is 5.56 Å². The first-order chi connectivity index (χ1) is 12.2. The van der Waals surface area contributed by atoms with Crippen LogP contribution in [0.4, 0.5) is 0 Å². The van der Waals surface area contributed by atoms with Crippen LogP contribution in [0.1, 0.15) is 22.8 Å². The van der Waals surface area contributed by atoms with Crippen LogP contribution in [0.25, 0.3) is 11.0 Å². The number of aromatic nitrogens is 3. The first-order valence-electron chi connectivity index (χ1n) is 8.57. The van der Waals surface area contributed by atoms with Gasteiger partial charge in [-0.05, 0) is 29.7 Å². The minimum atomic E-state index is -0.0525. The Morgan fingerprint density at radius 3 is 2.80 bits per heavy atom. The number of aromatic amines is 1. The Bertz CT molecular complexity index is 876. The first kappa shape index (κ1) is 15.8. The van der Waals surface area contributed by atoms with Crippen molar-refractivity contribution in [2.45, 2.75) is 19.5 Å². The molecule has 0 radical (unpaired) electrons. The second-order valence-electron chi connectivity index (χ2n) is 6.76. The molecule has 2 atom stereocenters. The number of rotatable bonds is 4. The van der Waals surface area contributed by atoms with Gasteiger partial charge in [-0.25, -0.2) is 0 Å². The van der Waals surface area contributed by atoms with Gasteiger partial charge in [0.25, 0.3) is 5.91 Å². The number of nitrogens with one attached hydrogen (secondary N) is 2.